The van der Waals surface area contributed by atoms with E-state index in [4.69, 9.17) is 0 Å². The van der Waals surface area contributed by atoms with Crippen LogP contribution >= 0.6 is 15.9 Å². The van der Waals surface area contributed by atoms with Crippen molar-refractivity contribution in [3.05, 3.63) is 83.7 Å². The van der Waals surface area contributed by atoms with Crippen LogP contribution in [0, 0.1) is 0 Å². The Kier molecular flexibility index (Phi) is 3.28. The second kappa shape index (κ2) is 5.43. The van der Waals surface area contributed by atoms with E-state index in [2.05, 4.69) is 80.2 Å². The van der Waals surface area contributed by atoms with Crippen LogP contribution < -0.4 is 0 Å². The summed E-state index contributed by atoms with van der Waals surface area (Å²) >= 11 is 3.54. The van der Waals surface area contributed by atoms with E-state index >= 15 is 0 Å². The van der Waals surface area contributed by atoms with Gasteiger partial charge in [-0.2, -0.15) is 0 Å². The van der Waals surface area contributed by atoms with E-state index in [0.29, 0.717) is 0 Å². The van der Waals surface area contributed by atoms with E-state index in [0.717, 1.165) is 15.7 Å². The first-order chi connectivity index (χ1) is 10.8. The van der Waals surface area contributed by atoms with Crippen molar-refractivity contribution >= 4 is 26.8 Å². The Morgan fingerprint density at radius 1 is 0.909 bits per heavy atom. The monoisotopic (exact) mass is 348 g/mol. The normalized spacial score (nSPS) is 11.0. The number of hydrogen-bond acceptors (Lipinski definition) is 1. The van der Waals surface area contributed by atoms with Crippen molar-refractivity contribution in [2.75, 3.05) is 0 Å². The summed E-state index contributed by atoms with van der Waals surface area (Å²) < 4.78 is 3.29. The van der Waals surface area contributed by atoms with E-state index in [1.807, 2.05) is 18.3 Å². The fourth-order valence-electron chi connectivity index (χ4n) is 2.79. The van der Waals surface area contributed by atoms with Crippen molar-refractivity contribution < 1.29 is 0 Å². The average Bonchev–Trinajstić information content (AvgIpc) is 3.00. The zero-order valence-corrected chi connectivity index (χ0v) is 13.4. The van der Waals surface area contributed by atoms with Crippen molar-refractivity contribution in [2.24, 2.45) is 0 Å². The van der Waals surface area contributed by atoms with Crippen LogP contribution in [0.4, 0.5) is 0 Å². The molecule has 0 amide bonds. The first kappa shape index (κ1) is 13.3. The fourth-order valence-corrected chi connectivity index (χ4v) is 3.18. The van der Waals surface area contributed by atoms with Crippen molar-refractivity contribution in [1.29, 1.82) is 0 Å². The highest BCUT2D eigenvalue weighted by Crippen LogP contribution is 2.30. The van der Waals surface area contributed by atoms with Gasteiger partial charge in [0.15, 0.2) is 0 Å². The molecule has 0 N–H and O–H groups in total. The Hall–Kier alpha value is -2.39. The molecule has 0 bridgehead atoms. The lowest BCUT2D eigenvalue weighted by Gasteiger charge is -2.08. The molecular weight excluding hydrogens is 336 g/mol. The van der Waals surface area contributed by atoms with Gasteiger partial charge >= 0.3 is 0 Å². The molecule has 0 unspecified atom stereocenters. The van der Waals surface area contributed by atoms with E-state index < -0.39 is 0 Å². The van der Waals surface area contributed by atoms with E-state index in [-0.39, 0.29) is 0 Å². The molecule has 0 radical (unpaired) electrons. The first-order valence-electron chi connectivity index (χ1n) is 7.09. The molecule has 0 aliphatic carbocycles. The van der Waals surface area contributed by atoms with Crippen molar-refractivity contribution in [2.45, 2.75) is 0 Å². The number of halogens is 1. The third-order valence-corrected chi connectivity index (χ3v) is 4.29. The topological polar surface area (TPSA) is 17.8 Å². The van der Waals surface area contributed by atoms with Gasteiger partial charge in [0, 0.05) is 39.7 Å². The third kappa shape index (κ3) is 2.24. The Bertz CT molecular complexity index is 942. The minimum absolute atomic E-state index is 1.08. The number of benzene rings is 2. The summed E-state index contributed by atoms with van der Waals surface area (Å²) in [7, 11) is 0. The predicted molar refractivity (Wildman–Crippen MR) is 94.2 cm³/mol. The summed E-state index contributed by atoms with van der Waals surface area (Å²) in [4.78, 5) is 4.23. The zero-order valence-electron chi connectivity index (χ0n) is 11.8. The number of pyridine rings is 1. The van der Waals surface area contributed by atoms with Gasteiger partial charge < -0.3 is 4.57 Å². The number of fused-ring (bicyclic) bond motifs is 1. The van der Waals surface area contributed by atoms with Gasteiger partial charge in [0.1, 0.15) is 0 Å². The number of hydrogen-bond donors (Lipinski definition) is 0. The molecule has 0 fully saturated rings. The number of aromatic nitrogens is 2. The molecule has 22 heavy (non-hydrogen) atoms. The molecule has 4 aromatic rings. The zero-order chi connectivity index (χ0) is 14.9. The third-order valence-electron chi connectivity index (χ3n) is 3.79. The van der Waals surface area contributed by atoms with E-state index in [9.17, 15) is 0 Å². The standard InChI is InChI=1S/C19H13BrN2/c20-15-5-1-6-16(12-15)22-11-9-18-17(7-2-8-19(18)22)14-4-3-10-21-13-14/h1-13H. The maximum atomic E-state index is 4.23. The molecule has 3 heteroatoms. The van der Waals surface area contributed by atoms with Gasteiger partial charge in [-0.3, -0.25) is 4.98 Å². The Morgan fingerprint density at radius 2 is 1.82 bits per heavy atom. The molecule has 4 rings (SSSR count). The molecule has 2 nitrogen and oxygen atoms in total. The van der Waals surface area contributed by atoms with Crippen LogP contribution in [0.15, 0.2) is 83.7 Å². The van der Waals surface area contributed by atoms with Crippen LogP contribution in [0.25, 0.3) is 27.7 Å². The quantitative estimate of drug-likeness (QED) is 0.470. The van der Waals surface area contributed by atoms with Crippen LogP contribution in [-0.2, 0) is 0 Å². The summed E-state index contributed by atoms with van der Waals surface area (Å²) in [5.41, 5.74) is 4.69. The average molecular weight is 349 g/mol. The summed E-state index contributed by atoms with van der Waals surface area (Å²) in [6.45, 7) is 0. The second-order valence-electron chi connectivity index (χ2n) is 5.15. The summed E-state index contributed by atoms with van der Waals surface area (Å²) in [5, 5.41) is 1.23. The van der Waals surface area contributed by atoms with Crippen LogP contribution in [0.2, 0.25) is 0 Å². The lowest BCUT2D eigenvalue weighted by Crippen LogP contribution is -1.91. The van der Waals surface area contributed by atoms with Gasteiger partial charge in [0.25, 0.3) is 0 Å². The molecule has 0 spiro atoms. The highest BCUT2D eigenvalue weighted by atomic mass is 79.9. The SMILES string of the molecule is Brc1cccc(-n2ccc3c(-c4cccnc4)cccc32)c1. The van der Waals surface area contributed by atoms with Crippen molar-refractivity contribution in [1.82, 2.24) is 9.55 Å². The molecule has 0 saturated heterocycles. The Balaban J connectivity index is 1.94. The lowest BCUT2D eigenvalue weighted by molar-refractivity contribution is 1.13. The molecule has 0 saturated carbocycles. The number of nitrogens with zero attached hydrogens (tertiary/aromatic N) is 2. The second-order valence-corrected chi connectivity index (χ2v) is 6.06. The Morgan fingerprint density at radius 3 is 2.64 bits per heavy atom. The minimum Gasteiger partial charge on any atom is -0.317 e. The van der Waals surface area contributed by atoms with E-state index in [1.165, 1.54) is 16.5 Å². The van der Waals surface area contributed by atoms with Crippen LogP contribution in [0.5, 0.6) is 0 Å². The predicted octanol–water partition coefficient (Wildman–Crippen LogP) is 5.46. The highest BCUT2D eigenvalue weighted by molar-refractivity contribution is 9.10. The maximum absolute atomic E-state index is 4.23. The molecule has 106 valence electrons. The van der Waals surface area contributed by atoms with Crippen LogP contribution in [0.1, 0.15) is 0 Å². The van der Waals surface area contributed by atoms with Gasteiger partial charge in [0.05, 0.1) is 5.52 Å². The van der Waals surface area contributed by atoms with Crippen LogP contribution in [0.3, 0.4) is 0 Å². The smallest absolute Gasteiger partial charge is 0.0534 e. The molecular formula is C19H13BrN2. The van der Waals surface area contributed by atoms with Crippen LogP contribution in [-0.4, -0.2) is 9.55 Å². The van der Waals surface area contributed by atoms with Gasteiger partial charge in [-0.1, -0.05) is 40.2 Å². The fraction of sp³-hybridized carbons (Fsp3) is 0. The molecule has 2 aromatic heterocycles. The Labute approximate surface area is 137 Å². The number of rotatable bonds is 2. The molecule has 0 aliphatic heterocycles. The van der Waals surface area contributed by atoms with Crippen molar-refractivity contribution in [3.63, 3.8) is 0 Å². The summed E-state index contributed by atoms with van der Waals surface area (Å²) in [6, 6.07) is 20.9. The maximum Gasteiger partial charge on any atom is 0.0534 e. The minimum atomic E-state index is 1.08. The molecule has 0 atom stereocenters. The lowest BCUT2D eigenvalue weighted by atomic mass is 10.0. The van der Waals surface area contributed by atoms with Gasteiger partial charge in [-0.15, -0.1) is 0 Å². The molecule has 2 aromatic carbocycles. The van der Waals surface area contributed by atoms with E-state index in [1.54, 1.807) is 6.20 Å². The van der Waals surface area contributed by atoms with Gasteiger partial charge in [-0.25, -0.2) is 0 Å². The van der Waals surface area contributed by atoms with Gasteiger partial charge in [0.2, 0.25) is 0 Å². The summed E-state index contributed by atoms with van der Waals surface area (Å²) in [6.07, 6.45) is 5.83. The van der Waals surface area contributed by atoms with Gasteiger partial charge in [-0.05, 0) is 42.0 Å². The highest BCUT2D eigenvalue weighted by Gasteiger charge is 2.08. The first-order valence-corrected chi connectivity index (χ1v) is 7.89. The molecule has 0 aliphatic rings. The molecule has 2 heterocycles. The largest absolute Gasteiger partial charge is 0.317 e. The summed E-state index contributed by atoms with van der Waals surface area (Å²) in [5.74, 6) is 0. The van der Waals surface area contributed by atoms with Crippen molar-refractivity contribution in [3.8, 4) is 16.8 Å².